The lowest BCUT2D eigenvalue weighted by molar-refractivity contribution is 0.194. The predicted molar refractivity (Wildman–Crippen MR) is 125 cm³/mol. The largest absolute Gasteiger partial charge is 0.486 e. The quantitative estimate of drug-likeness (QED) is 0.403. The van der Waals surface area contributed by atoms with E-state index in [2.05, 4.69) is 60.4 Å². The topological polar surface area (TPSA) is 56.1 Å². The average molecular weight is 416 g/mol. The first-order valence-corrected chi connectivity index (χ1v) is 10.7. The van der Waals surface area contributed by atoms with Gasteiger partial charge in [0.1, 0.15) is 17.4 Å². The first-order chi connectivity index (χ1) is 15.0. The van der Waals surface area contributed by atoms with Gasteiger partial charge in [0.25, 0.3) is 0 Å². The van der Waals surface area contributed by atoms with E-state index in [0.717, 1.165) is 52.4 Å². The molecule has 0 N–H and O–H groups in total. The van der Waals surface area contributed by atoms with Gasteiger partial charge in [-0.2, -0.15) is 10.2 Å². The normalized spacial score (nSPS) is 12.2. The van der Waals surface area contributed by atoms with Gasteiger partial charge in [0.2, 0.25) is 0 Å². The van der Waals surface area contributed by atoms with E-state index in [0.29, 0.717) is 0 Å². The minimum atomic E-state index is 0.0234. The van der Waals surface area contributed by atoms with Crippen molar-refractivity contribution in [3.63, 3.8) is 0 Å². The van der Waals surface area contributed by atoms with E-state index in [1.165, 1.54) is 5.56 Å². The molecule has 1 atom stereocenters. The highest BCUT2D eigenvalue weighted by atomic mass is 16.5. The monoisotopic (exact) mass is 415 g/mol. The molecule has 0 unspecified atom stereocenters. The van der Waals surface area contributed by atoms with Crippen LogP contribution >= 0.6 is 0 Å². The van der Waals surface area contributed by atoms with Crippen LogP contribution in [0.15, 0.2) is 54.6 Å². The van der Waals surface area contributed by atoms with Gasteiger partial charge in [-0.05, 0) is 38.0 Å². The van der Waals surface area contributed by atoms with Crippen molar-refractivity contribution in [3.05, 3.63) is 71.5 Å². The van der Waals surface area contributed by atoms with Gasteiger partial charge in [0.15, 0.2) is 5.82 Å². The van der Waals surface area contributed by atoms with Gasteiger partial charge in [-0.3, -0.25) is 0 Å². The summed E-state index contributed by atoms with van der Waals surface area (Å²) in [6.45, 7) is 6.23. The summed E-state index contributed by atoms with van der Waals surface area (Å²) >= 11 is 0. The highest BCUT2D eigenvalue weighted by Crippen LogP contribution is 2.31. The van der Waals surface area contributed by atoms with Crippen molar-refractivity contribution >= 4 is 16.7 Å². The molecule has 0 saturated carbocycles. The van der Waals surface area contributed by atoms with Crippen molar-refractivity contribution in [2.45, 2.75) is 39.7 Å². The maximum Gasteiger partial charge on any atom is 0.179 e. The molecule has 6 nitrogen and oxygen atoms in total. The first kappa shape index (κ1) is 20.8. The van der Waals surface area contributed by atoms with Crippen molar-refractivity contribution in [1.82, 2.24) is 20.0 Å². The van der Waals surface area contributed by atoms with Crippen LogP contribution in [0.4, 0.5) is 5.82 Å². The van der Waals surface area contributed by atoms with Gasteiger partial charge in [0, 0.05) is 20.2 Å². The van der Waals surface area contributed by atoms with Crippen molar-refractivity contribution in [3.8, 4) is 11.4 Å². The second-order valence-corrected chi connectivity index (χ2v) is 8.03. The van der Waals surface area contributed by atoms with Crippen molar-refractivity contribution in [2.75, 3.05) is 19.0 Å². The molecular weight excluding hydrogens is 386 g/mol. The van der Waals surface area contributed by atoms with Crippen LogP contribution in [-0.2, 0) is 0 Å². The molecule has 0 aliphatic carbocycles. The van der Waals surface area contributed by atoms with Crippen LogP contribution < -0.4 is 9.64 Å². The Balaban J connectivity index is 1.73. The lowest BCUT2D eigenvalue weighted by Crippen LogP contribution is -2.12. The zero-order valence-electron chi connectivity index (χ0n) is 18.8. The molecule has 0 aliphatic rings. The summed E-state index contributed by atoms with van der Waals surface area (Å²) in [6.07, 6.45) is 2.03. The molecule has 0 saturated heterocycles. The molecule has 2 heterocycles. The van der Waals surface area contributed by atoms with Crippen LogP contribution in [0.3, 0.4) is 0 Å². The maximum absolute atomic E-state index is 6.43. The third-order valence-electron chi connectivity index (χ3n) is 5.47. The fourth-order valence-corrected chi connectivity index (χ4v) is 3.94. The summed E-state index contributed by atoms with van der Waals surface area (Å²) in [7, 11) is 3.91. The molecule has 0 spiro atoms. The van der Waals surface area contributed by atoms with Gasteiger partial charge < -0.3 is 9.64 Å². The highest BCUT2D eigenvalue weighted by Gasteiger charge is 2.19. The maximum atomic E-state index is 6.43. The van der Waals surface area contributed by atoms with Gasteiger partial charge in [-0.1, -0.05) is 49.7 Å². The minimum Gasteiger partial charge on any atom is -0.486 e. The van der Waals surface area contributed by atoms with Gasteiger partial charge >= 0.3 is 0 Å². The fraction of sp³-hybridized carbons (Fsp3) is 0.320. The van der Waals surface area contributed by atoms with Crippen LogP contribution in [0.1, 0.15) is 42.8 Å². The highest BCUT2D eigenvalue weighted by molar-refractivity contribution is 5.92. The van der Waals surface area contributed by atoms with E-state index in [1.54, 1.807) is 0 Å². The van der Waals surface area contributed by atoms with E-state index < -0.39 is 0 Å². The molecular formula is C25H29N5O. The molecule has 0 aliphatic heterocycles. The molecule has 4 aromatic rings. The van der Waals surface area contributed by atoms with Gasteiger partial charge in [0.05, 0.1) is 22.5 Å². The summed E-state index contributed by atoms with van der Waals surface area (Å²) in [5.74, 6) is 1.60. The molecule has 0 bridgehead atoms. The Bertz CT molecular complexity index is 1180. The molecule has 2 aromatic heterocycles. The fourth-order valence-electron chi connectivity index (χ4n) is 3.94. The van der Waals surface area contributed by atoms with Crippen LogP contribution in [0.25, 0.3) is 16.6 Å². The smallest absolute Gasteiger partial charge is 0.179 e. The molecule has 6 heteroatoms. The van der Waals surface area contributed by atoms with Crippen LogP contribution in [0, 0.1) is 13.8 Å². The summed E-state index contributed by atoms with van der Waals surface area (Å²) in [4.78, 5) is 1.94. The number of benzene rings is 2. The Morgan fingerprint density at radius 1 is 1.00 bits per heavy atom. The van der Waals surface area contributed by atoms with E-state index in [1.807, 2.05) is 48.8 Å². The second kappa shape index (κ2) is 8.76. The molecule has 0 radical (unpaired) electrons. The second-order valence-electron chi connectivity index (χ2n) is 8.03. The Morgan fingerprint density at radius 3 is 2.48 bits per heavy atom. The van der Waals surface area contributed by atoms with Crippen LogP contribution in [0.2, 0.25) is 0 Å². The molecule has 4 rings (SSSR count). The summed E-state index contributed by atoms with van der Waals surface area (Å²) in [6, 6.07) is 18.5. The third kappa shape index (κ3) is 4.10. The zero-order chi connectivity index (χ0) is 22.0. The number of ether oxygens (including phenoxy) is 1. The Kier molecular flexibility index (Phi) is 5.89. The number of rotatable bonds is 7. The number of nitrogens with zero attached hydrogens (tertiary/aromatic N) is 5. The summed E-state index contributed by atoms with van der Waals surface area (Å²) < 4.78 is 8.39. The van der Waals surface area contributed by atoms with Crippen molar-refractivity contribution in [1.29, 1.82) is 0 Å². The number of fused-ring (bicyclic) bond motifs is 1. The SMILES string of the molecule is CCC[C@@H](Oc1cccc(-n2nc3c(N(C)C)nnc(C)c3c2C)c1)c1ccccc1. The lowest BCUT2D eigenvalue weighted by atomic mass is 10.1. The molecule has 0 fully saturated rings. The predicted octanol–water partition coefficient (Wildman–Crippen LogP) is 5.42. The van der Waals surface area contributed by atoms with E-state index in [9.17, 15) is 0 Å². The first-order valence-electron chi connectivity index (χ1n) is 10.7. The molecule has 160 valence electrons. The minimum absolute atomic E-state index is 0.0234. The lowest BCUT2D eigenvalue weighted by Gasteiger charge is -2.19. The molecule has 0 amide bonds. The summed E-state index contributed by atoms with van der Waals surface area (Å²) in [5, 5.41) is 14.6. The number of anilines is 1. The zero-order valence-corrected chi connectivity index (χ0v) is 18.8. The Labute approximate surface area is 183 Å². The van der Waals surface area contributed by atoms with Crippen molar-refractivity contribution in [2.24, 2.45) is 0 Å². The Hall–Kier alpha value is -3.41. The standard InChI is InChI=1S/C25H29N5O/c1-6-11-22(19-12-8-7-9-13-19)31-21-15-10-14-20(16-21)30-18(3)23-17(2)26-27-25(29(4)5)24(23)28-30/h7-10,12-16,22H,6,11H2,1-5H3/t22-/m1/s1. The van der Waals surface area contributed by atoms with Crippen LogP contribution in [0.5, 0.6) is 5.75 Å². The molecule has 2 aromatic carbocycles. The third-order valence-corrected chi connectivity index (χ3v) is 5.47. The van der Waals surface area contributed by atoms with E-state index in [-0.39, 0.29) is 6.10 Å². The number of aryl methyl sites for hydroxylation is 2. The number of hydrogen-bond donors (Lipinski definition) is 0. The molecule has 31 heavy (non-hydrogen) atoms. The van der Waals surface area contributed by atoms with Crippen LogP contribution in [-0.4, -0.2) is 34.1 Å². The van der Waals surface area contributed by atoms with E-state index in [4.69, 9.17) is 9.84 Å². The van der Waals surface area contributed by atoms with Gasteiger partial charge in [-0.15, -0.1) is 5.10 Å². The summed E-state index contributed by atoms with van der Waals surface area (Å²) in [5.41, 5.74) is 4.92. The van der Waals surface area contributed by atoms with Crippen molar-refractivity contribution < 1.29 is 4.74 Å². The van der Waals surface area contributed by atoms with Gasteiger partial charge in [-0.25, -0.2) is 4.68 Å². The number of hydrogen-bond acceptors (Lipinski definition) is 5. The average Bonchev–Trinajstić information content (AvgIpc) is 3.12. The van der Waals surface area contributed by atoms with E-state index >= 15 is 0 Å². The number of aromatic nitrogens is 4. The Morgan fingerprint density at radius 2 is 1.77 bits per heavy atom.